The Balaban J connectivity index is 1.03. The van der Waals surface area contributed by atoms with Crippen molar-refractivity contribution < 1.29 is 69.0 Å². The molecule has 15 nitrogen and oxygen atoms in total. The predicted molar refractivity (Wildman–Crippen MR) is 172 cm³/mol. The Hall–Kier alpha value is -1.86. The smallest absolute Gasteiger partial charge is 0.335 e. The van der Waals surface area contributed by atoms with Crippen molar-refractivity contribution in [3.8, 4) is 0 Å². The molecule has 7 rings (SSSR count). The number of carbonyl (C=O) groups is 1. The Morgan fingerprint density at radius 3 is 2.27 bits per heavy atom. The lowest BCUT2D eigenvalue weighted by Crippen LogP contribution is -2.65. The van der Waals surface area contributed by atoms with Gasteiger partial charge in [-0.3, -0.25) is 0 Å². The van der Waals surface area contributed by atoms with E-state index in [1.54, 1.807) is 6.07 Å². The first-order valence-electron chi connectivity index (χ1n) is 18.3. The van der Waals surface area contributed by atoms with E-state index >= 15 is 0 Å². The summed E-state index contributed by atoms with van der Waals surface area (Å²) in [5.74, 6) is -1.04. The summed E-state index contributed by atoms with van der Waals surface area (Å²) in [4.78, 5) is 24.4. The molecule has 6 aliphatic rings. The molecular formula is C36H52O15. The molecule has 3 heterocycles. The van der Waals surface area contributed by atoms with Crippen molar-refractivity contribution in [3.63, 3.8) is 0 Å². The van der Waals surface area contributed by atoms with Gasteiger partial charge in [0.1, 0.15) is 49.0 Å². The molecule has 6 fully saturated rings. The van der Waals surface area contributed by atoms with Gasteiger partial charge in [-0.05, 0) is 93.1 Å². The van der Waals surface area contributed by atoms with Gasteiger partial charge in [-0.25, -0.2) is 4.79 Å². The van der Waals surface area contributed by atoms with Crippen LogP contribution < -0.4 is 5.63 Å². The number of aldehydes is 1. The zero-order valence-corrected chi connectivity index (χ0v) is 28.8. The third-order valence-corrected chi connectivity index (χ3v) is 13.8. The average molecular weight is 725 g/mol. The number of hydrogen-bond donors (Lipinski definition) is 8. The summed E-state index contributed by atoms with van der Waals surface area (Å²) in [5, 5.41) is 86.5. The highest BCUT2D eigenvalue weighted by Crippen LogP contribution is 2.68. The number of aliphatic hydroxyl groups excluding tert-OH is 7. The SMILES string of the molecule is CC1O[C@@H](O[C@H]2C[C@@H](C=O)C3C4CC[C@]5(C)[C@@H](c6ccc(=O)oc6)CC[C@]5(O)C4CCC3[C@H]2O)[C@H](O)[C@@H](O)[C@H]1O[C@@H]1OC(CO)[C@@H](O)[C@@H](O)[C@H]1O. The summed E-state index contributed by atoms with van der Waals surface area (Å²) in [6.45, 7) is 2.99. The van der Waals surface area contributed by atoms with Crippen molar-refractivity contribution >= 4 is 6.29 Å². The van der Waals surface area contributed by atoms with Gasteiger partial charge in [-0.1, -0.05) is 6.92 Å². The van der Waals surface area contributed by atoms with Crippen molar-refractivity contribution in [1.82, 2.24) is 0 Å². The topological polar surface area (TPSA) is 246 Å². The van der Waals surface area contributed by atoms with E-state index in [4.69, 9.17) is 23.4 Å². The van der Waals surface area contributed by atoms with Crippen LogP contribution in [0.15, 0.2) is 27.6 Å². The number of hydrogen-bond acceptors (Lipinski definition) is 15. The van der Waals surface area contributed by atoms with Gasteiger partial charge in [0, 0.05) is 17.4 Å². The van der Waals surface area contributed by atoms with E-state index in [1.807, 2.05) is 0 Å². The van der Waals surface area contributed by atoms with Crippen molar-refractivity contribution in [2.24, 2.45) is 35.0 Å². The molecule has 20 atom stereocenters. The first kappa shape index (κ1) is 37.5. The van der Waals surface area contributed by atoms with Crippen LogP contribution in [0, 0.1) is 35.0 Å². The molecule has 51 heavy (non-hydrogen) atoms. The summed E-state index contributed by atoms with van der Waals surface area (Å²) in [6.07, 6.45) is -10.1. The fourth-order valence-electron chi connectivity index (χ4n) is 11.2. The maximum absolute atomic E-state index is 12.7. The van der Waals surface area contributed by atoms with Crippen LogP contribution in [0.2, 0.25) is 0 Å². The van der Waals surface area contributed by atoms with Gasteiger partial charge in [0.25, 0.3) is 0 Å². The molecule has 0 aromatic carbocycles. The highest BCUT2D eigenvalue weighted by Gasteiger charge is 2.67. The first-order chi connectivity index (χ1) is 24.2. The zero-order chi connectivity index (χ0) is 36.6. The van der Waals surface area contributed by atoms with Crippen molar-refractivity contribution in [2.45, 2.75) is 144 Å². The molecule has 8 N–H and O–H groups in total. The Kier molecular flexibility index (Phi) is 10.3. The molecule has 2 saturated heterocycles. The third kappa shape index (κ3) is 6.05. The van der Waals surface area contributed by atoms with Crippen LogP contribution in [-0.2, 0) is 23.7 Å². The number of rotatable bonds is 7. The van der Waals surface area contributed by atoms with Crippen LogP contribution in [0.4, 0.5) is 0 Å². The van der Waals surface area contributed by atoms with Crippen molar-refractivity contribution in [2.75, 3.05) is 6.61 Å². The quantitative estimate of drug-likeness (QED) is 0.123. The minimum Gasteiger partial charge on any atom is -0.431 e. The molecule has 1 aromatic heterocycles. The summed E-state index contributed by atoms with van der Waals surface area (Å²) in [5.41, 5.74) is -0.962. The van der Waals surface area contributed by atoms with E-state index in [0.29, 0.717) is 25.7 Å². The van der Waals surface area contributed by atoms with Crippen LogP contribution in [-0.4, -0.2) is 133 Å². The van der Waals surface area contributed by atoms with E-state index in [-0.39, 0.29) is 36.0 Å². The van der Waals surface area contributed by atoms with Crippen molar-refractivity contribution in [3.05, 3.63) is 34.4 Å². The molecule has 0 spiro atoms. The van der Waals surface area contributed by atoms with Gasteiger partial charge >= 0.3 is 5.63 Å². The number of fused-ring (bicyclic) bond motifs is 5. The standard InChI is InChI=1S/C36H52O15/c1-15-32(51-34-30(44)28(42)27(41)23(13-38)50-34)29(43)31(45)33(48-15)49-22-11-17(12-37)25-18-7-9-35(2)20(16-3-6-24(39)47-14-16)8-10-36(35,46)21(18)5-4-19(25)26(22)40/h3,6,12,14-15,17-23,25-34,38,40-46H,4-5,7-11,13H2,1-2H3/t15?,17-,18?,19?,20+,21?,22-,23?,25?,26+,27+,28+,29+,30+,31+,32-,33-,34-,35+,36-/m0/s1. The molecule has 4 aliphatic carbocycles. The third-order valence-electron chi connectivity index (χ3n) is 13.8. The van der Waals surface area contributed by atoms with E-state index in [1.165, 1.54) is 19.3 Å². The highest BCUT2D eigenvalue weighted by atomic mass is 16.7. The zero-order valence-electron chi connectivity index (χ0n) is 28.8. The van der Waals surface area contributed by atoms with Crippen LogP contribution >= 0.6 is 0 Å². The first-order valence-corrected chi connectivity index (χ1v) is 18.3. The second-order valence-corrected chi connectivity index (χ2v) is 16.1. The van der Waals surface area contributed by atoms with Crippen molar-refractivity contribution in [1.29, 1.82) is 0 Å². The molecule has 0 radical (unpaired) electrons. The normalized spacial score (nSPS) is 52.7. The molecule has 0 amide bonds. The summed E-state index contributed by atoms with van der Waals surface area (Å²) in [7, 11) is 0. The lowest BCUT2D eigenvalue weighted by Gasteiger charge is -2.61. The Morgan fingerprint density at radius 2 is 1.59 bits per heavy atom. The fourth-order valence-corrected chi connectivity index (χ4v) is 11.2. The molecule has 15 heteroatoms. The molecule has 286 valence electrons. The van der Waals surface area contributed by atoms with E-state index < -0.39 is 103 Å². The number of carbonyl (C=O) groups excluding carboxylic acids is 1. The molecule has 6 unspecified atom stereocenters. The molecular weight excluding hydrogens is 672 g/mol. The van der Waals surface area contributed by atoms with Gasteiger partial charge in [-0.2, -0.15) is 0 Å². The molecule has 1 aromatic rings. The van der Waals surface area contributed by atoms with Gasteiger partial charge < -0.3 is 69.0 Å². The maximum atomic E-state index is 12.7. The highest BCUT2D eigenvalue weighted by molar-refractivity contribution is 5.55. The average Bonchev–Trinajstić information content (AvgIpc) is 3.40. The van der Waals surface area contributed by atoms with E-state index in [9.17, 15) is 50.4 Å². The monoisotopic (exact) mass is 724 g/mol. The molecule has 4 saturated carbocycles. The van der Waals surface area contributed by atoms with Crippen LogP contribution in [0.25, 0.3) is 0 Å². The van der Waals surface area contributed by atoms with Gasteiger partial charge in [0.05, 0.1) is 36.8 Å². The summed E-state index contributed by atoms with van der Waals surface area (Å²) in [6, 6.07) is 3.20. The van der Waals surface area contributed by atoms with Crippen LogP contribution in [0.5, 0.6) is 0 Å². The largest absolute Gasteiger partial charge is 0.431 e. The van der Waals surface area contributed by atoms with Crippen LogP contribution in [0.3, 0.4) is 0 Å². The minimum atomic E-state index is -1.73. The maximum Gasteiger partial charge on any atom is 0.335 e. The van der Waals surface area contributed by atoms with Gasteiger partial charge in [0.15, 0.2) is 12.6 Å². The van der Waals surface area contributed by atoms with Crippen LogP contribution in [0.1, 0.15) is 70.3 Å². The Labute approximate surface area is 295 Å². The Morgan fingerprint density at radius 1 is 0.863 bits per heavy atom. The number of ether oxygens (including phenoxy) is 4. The second-order valence-electron chi connectivity index (χ2n) is 16.1. The Bertz CT molecular complexity index is 1440. The van der Waals surface area contributed by atoms with E-state index in [2.05, 4.69) is 6.92 Å². The predicted octanol–water partition coefficient (Wildman–Crippen LogP) is -1.08. The lowest BCUT2D eigenvalue weighted by atomic mass is 9.46. The molecule has 0 bridgehead atoms. The summed E-state index contributed by atoms with van der Waals surface area (Å²) < 4.78 is 28.4. The minimum absolute atomic E-state index is 0.00114. The lowest BCUT2D eigenvalue weighted by molar-refractivity contribution is -0.362. The fraction of sp³-hybridized carbons (Fsp3) is 0.833. The number of aliphatic hydroxyl groups is 8. The van der Waals surface area contributed by atoms with Gasteiger partial charge in [-0.15, -0.1) is 0 Å². The summed E-state index contributed by atoms with van der Waals surface area (Å²) >= 11 is 0. The van der Waals surface area contributed by atoms with E-state index in [0.717, 1.165) is 24.7 Å². The molecule has 2 aliphatic heterocycles. The second kappa shape index (κ2) is 14.1. The van der Waals surface area contributed by atoms with Gasteiger partial charge in [0.2, 0.25) is 0 Å².